The molecule has 8 nitrogen and oxygen atoms in total. The Hall–Kier alpha value is -2.25. The fraction of sp³-hybridized carbons (Fsp3) is 0.375. The van der Waals surface area contributed by atoms with Gasteiger partial charge in [-0.2, -0.15) is 0 Å². The molecule has 1 aromatic rings. The number of H-pyrrole nitrogens is 1. The number of aromatic nitrogens is 2. The molecule has 0 spiro atoms. The van der Waals surface area contributed by atoms with Crippen molar-refractivity contribution in [3.8, 4) is 0 Å². The number of carbonyl (C=O) groups excluding carboxylic acids is 1. The molecule has 4 N–H and O–H groups in total. The largest absolute Gasteiger partial charge is 0.368 e. The number of nitrogens with one attached hydrogen (secondary N) is 2. The minimum absolute atomic E-state index is 0.0682. The van der Waals surface area contributed by atoms with E-state index in [0.29, 0.717) is 5.82 Å². The predicted octanol–water partition coefficient (Wildman–Crippen LogP) is -2.25. The lowest BCUT2D eigenvalue weighted by Gasteiger charge is -2.13. The van der Waals surface area contributed by atoms with Crippen LogP contribution in [0.3, 0.4) is 0 Å². The zero-order valence-corrected chi connectivity index (χ0v) is 8.61. The smallest absolute Gasteiger partial charge is 0.329 e. The molecule has 1 aromatic heterocycles. The summed E-state index contributed by atoms with van der Waals surface area (Å²) in [5.74, 6) is -0.141. The summed E-state index contributed by atoms with van der Waals surface area (Å²) >= 11 is 0. The Kier molecular flexibility index (Phi) is 2.18. The number of rotatable bonds is 2. The second kappa shape index (κ2) is 3.40. The van der Waals surface area contributed by atoms with Crippen molar-refractivity contribution < 1.29 is 4.79 Å². The van der Waals surface area contributed by atoms with E-state index >= 15 is 0 Å². The highest BCUT2D eigenvalue weighted by molar-refractivity contribution is 5.82. The highest BCUT2D eigenvalue weighted by atomic mass is 16.2. The Morgan fingerprint density at radius 3 is 2.81 bits per heavy atom. The van der Waals surface area contributed by atoms with Crippen molar-refractivity contribution in [1.29, 1.82) is 0 Å². The summed E-state index contributed by atoms with van der Waals surface area (Å²) in [5.41, 5.74) is 4.30. The molecule has 0 saturated carbocycles. The van der Waals surface area contributed by atoms with Gasteiger partial charge in [-0.3, -0.25) is 19.1 Å². The monoisotopic (exact) mass is 225 g/mol. The summed E-state index contributed by atoms with van der Waals surface area (Å²) in [6.45, 7) is 0.208. The Labute approximate surface area is 89.7 Å². The van der Waals surface area contributed by atoms with Gasteiger partial charge in [-0.15, -0.1) is 0 Å². The molecule has 1 aliphatic heterocycles. The number of anilines is 2. The summed E-state index contributed by atoms with van der Waals surface area (Å²) in [6.07, 6.45) is 0. The molecule has 0 atom stereocenters. The van der Waals surface area contributed by atoms with Crippen LogP contribution in [-0.4, -0.2) is 28.7 Å². The zero-order chi connectivity index (χ0) is 11.9. The number of nitrogens with two attached hydrogens (primary N) is 1. The average molecular weight is 225 g/mol. The van der Waals surface area contributed by atoms with Gasteiger partial charge < -0.3 is 16.0 Å². The molecule has 0 aromatic carbocycles. The number of primary amides is 1. The van der Waals surface area contributed by atoms with E-state index in [-0.39, 0.29) is 18.9 Å². The molecule has 1 amide bonds. The maximum absolute atomic E-state index is 11.6. The van der Waals surface area contributed by atoms with Gasteiger partial charge in [0.2, 0.25) is 5.91 Å². The third-order valence-electron chi connectivity index (χ3n) is 2.40. The van der Waals surface area contributed by atoms with Crippen LogP contribution in [0.4, 0.5) is 11.5 Å². The lowest BCUT2D eigenvalue weighted by atomic mass is 10.4. The van der Waals surface area contributed by atoms with Crippen molar-refractivity contribution in [2.75, 3.05) is 23.4 Å². The number of hydrogen-bond donors (Lipinski definition) is 3. The van der Waals surface area contributed by atoms with Crippen LogP contribution in [-0.2, 0) is 11.8 Å². The first kappa shape index (κ1) is 10.3. The zero-order valence-electron chi connectivity index (χ0n) is 8.61. The number of aromatic amines is 1. The van der Waals surface area contributed by atoms with E-state index in [1.54, 1.807) is 0 Å². The number of hydrogen-bond acceptors (Lipinski definition) is 5. The standard InChI is InChI=1S/C8H11N5O3/c1-12-6-5(7(15)11-8(12)16)13(3-10-6)2-4(9)14/h10H,2-3H2,1H3,(H2,9,14)(H,11,15,16). The van der Waals surface area contributed by atoms with Gasteiger partial charge in [0.15, 0.2) is 0 Å². The van der Waals surface area contributed by atoms with Crippen LogP contribution in [0.1, 0.15) is 0 Å². The van der Waals surface area contributed by atoms with Crippen molar-refractivity contribution in [2.24, 2.45) is 12.8 Å². The SMILES string of the molecule is Cn1c2c(c(=O)[nH]c1=O)N(CC(N)=O)CN2. The quantitative estimate of drug-likeness (QED) is 0.526. The Morgan fingerprint density at radius 2 is 2.19 bits per heavy atom. The van der Waals surface area contributed by atoms with E-state index in [9.17, 15) is 14.4 Å². The Bertz CT molecular complexity index is 558. The van der Waals surface area contributed by atoms with Crippen LogP contribution in [0.25, 0.3) is 0 Å². The summed E-state index contributed by atoms with van der Waals surface area (Å²) < 4.78 is 1.28. The molecule has 0 bridgehead atoms. The van der Waals surface area contributed by atoms with Crippen LogP contribution in [0, 0.1) is 0 Å². The van der Waals surface area contributed by atoms with E-state index in [0.717, 1.165) is 0 Å². The lowest BCUT2D eigenvalue weighted by Crippen LogP contribution is -2.37. The molecule has 8 heteroatoms. The topological polar surface area (TPSA) is 113 Å². The van der Waals surface area contributed by atoms with Crippen molar-refractivity contribution in [3.05, 3.63) is 20.8 Å². The Balaban J connectivity index is 2.55. The molecule has 2 rings (SSSR count). The number of nitrogens with zero attached hydrogens (tertiary/aromatic N) is 2. The maximum atomic E-state index is 11.6. The summed E-state index contributed by atoms with van der Waals surface area (Å²) in [5, 5.41) is 2.87. The van der Waals surface area contributed by atoms with Crippen LogP contribution < -0.4 is 27.2 Å². The van der Waals surface area contributed by atoms with E-state index in [4.69, 9.17) is 5.73 Å². The Morgan fingerprint density at radius 1 is 1.50 bits per heavy atom. The average Bonchev–Trinajstić information content (AvgIpc) is 2.58. The van der Waals surface area contributed by atoms with Gasteiger partial charge >= 0.3 is 5.69 Å². The maximum Gasteiger partial charge on any atom is 0.329 e. The van der Waals surface area contributed by atoms with E-state index in [1.807, 2.05) is 0 Å². The molecule has 0 aliphatic carbocycles. The predicted molar refractivity (Wildman–Crippen MR) is 57.3 cm³/mol. The van der Waals surface area contributed by atoms with Crippen molar-refractivity contribution in [3.63, 3.8) is 0 Å². The molecular weight excluding hydrogens is 214 g/mol. The van der Waals surface area contributed by atoms with Crippen LogP contribution in [0.2, 0.25) is 0 Å². The molecule has 0 saturated heterocycles. The second-order valence-electron chi connectivity index (χ2n) is 3.51. The first-order chi connectivity index (χ1) is 7.50. The third kappa shape index (κ3) is 1.44. The van der Waals surface area contributed by atoms with Gasteiger partial charge in [0.25, 0.3) is 5.56 Å². The molecule has 16 heavy (non-hydrogen) atoms. The van der Waals surface area contributed by atoms with Gasteiger partial charge in [-0.05, 0) is 0 Å². The molecule has 0 radical (unpaired) electrons. The fourth-order valence-corrected chi connectivity index (χ4v) is 1.68. The molecule has 1 aliphatic rings. The lowest BCUT2D eigenvalue weighted by molar-refractivity contribution is -0.116. The number of amides is 1. The van der Waals surface area contributed by atoms with E-state index in [1.165, 1.54) is 16.5 Å². The normalized spacial score (nSPS) is 13.4. The van der Waals surface area contributed by atoms with Crippen LogP contribution in [0.5, 0.6) is 0 Å². The second-order valence-corrected chi connectivity index (χ2v) is 3.51. The summed E-state index contributed by atoms with van der Waals surface area (Å²) in [7, 11) is 1.53. The van der Waals surface area contributed by atoms with Gasteiger partial charge in [0.1, 0.15) is 11.5 Å². The first-order valence-corrected chi connectivity index (χ1v) is 4.61. The highest BCUT2D eigenvalue weighted by Gasteiger charge is 2.25. The third-order valence-corrected chi connectivity index (χ3v) is 2.40. The summed E-state index contributed by atoms with van der Waals surface area (Å²) in [6, 6.07) is 0. The van der Waals surface area contributed by atoms with Crippen molar-refractivity contribution in [2.45, 2.75) is 0 Å². The minimum atomic E-state index is -0.539. The summed E-state index contributed by atoms with van der Waals surface area (Å²) in [4.78, 5) is 37.3. The van der Waals surface area contributed by atoms with E-state index in [2.05, 4.69) is 10.3 Å². The molecule has 86 valence electrons. The van der Waals surface area contributed by atoms with E-state index < -0.39 is 17.2 Å². The van der Waals surface area contributed by atoms with Crippen LogP contribution in [0.15, 0.2) is 9.59 Å². The highest BCUT2D eigenvalue weighted by Crippen LogP contribution is 2.24. The molecule has 0 fully saturated rings. The fourth-order valence-electron chi connectivity index (χ4n) is 1.68. The van der Waals surface area contributed by atoms with Gasteiger partial charge in [-0.25, -0.2) is 4.79 Å². The first-order valence-electron chi connectivity index (χ1n) is 4.61. The van der Waals surface area contributed by atoms with Gasteiger partial charge in [-0.1, -0.05) is 0 Å². The molecular formula is C8H11N5O3. The van der Waals surface area contributed by atoms with Crippen molar-refractivity contribution >= 4 is 17.4 Å². The minimum Gasteiger partial charge on any atom is -0.368 e. The molecule has 0 unspecified atom stereocenters. The van der Waals surface area contributed by atoms with Crippen LogP contribution >= 0.6 is 0 Å². The van der Waals surface area contributed by atoms with Gasteiger partial charge in [0.05, 0.1) is 13.2 Å². The number of fused-ring (bicyclic) bond motifs is 1. The number of carbonyl (C=O) groups is 1. The van der Waals surface area contributed by atoms with Crippen molar-refractivity contribution in [1.82, 2.24) is 9.55 Å². The van der Waals surface area contributed by atoms with Gasteiger partial charge in [0, 0.05) is 7.05 Å². The molecule has 2 heterocycles.